The highest BCUT2D eigenvalue weighted by atomic mass is 79.9. The summed E-state index contributed by atoms with van der Waals surface area (Å²) in [6.07, 6.45) is 1.70. The van der Waals surface area contributed by atoms with Crippen molar-refractivity contribution in [2.75, 3.05) is 0 Å². The number of ether oxygens (including phenoxy) is 1. The fourth-order valence-electron chi connectivity index (χ4n) is 2.18. The highest BCUT2D eigenvalue weighted by Gasteiger charge is 2.10. The number of nitro benzene ring substituents is 1. The average molecular weight is 425 g/mol. The molecule has 0 saturated carbocycles. The molecule has 0 aromatic heterocycles. The second kappa shape index (κ2) is 8.37. The number of carbonyl (C=O) groups excluding carboxylic acids is 1. The van der Waals surface area contributed by atoms with Crippen molar-refractivity contribution in [3.8, 4) is 5.75 Å². The molecule has 27 heavy (non-hydrogen) atoms. The van der Waals surface area contributed by atoms with Crippen molar-refractivity contribution < 1.29 is 14.5 Å². The van der Waals surface area contributed by atoms with Crippen molar-refractivity contribution in [3.63, 3.8) is 0 Å². The van der Waals surface area contributed by atoms with Crippen molar-refractivity contribution >= 4 is 39.5 Å². The predicted octanol–water partition coefficient (Wildman–Crippen LogP) is 5.33. The first-order valence-corrected chi connectivity index (χ1v) is 8.67. The summed E-state index contributed by atoms with van der Waals surface area (Å²) in [7, 11) is 0. The maximum Gasteiger partial charge on any atom is 0.343 e. The van der Waals surface area contributed by atoms with Gasteiger partial charge in [-0.3, -0.25) is 15.1 Å². The van der Waals surface area contributed by atoms with E-state index in [1.807, 2.05) is 24.3 Å². The molecule has 0 heterocycles. The van der Waals surface area contributed by atoms with E-state index in [9.17, 15) is 14.9 Å². The summed E-state index contributed by atoms with van der Waals surface area (Å²) in [5, 5.41) is 10.6. The van der Waals surface area contributed by atoms with Gasteiger partial charge in [-0.2, -0.15) is 0 Å². The molecule has 0 aliphatic heterocycles. The van der Waals surface area contributed by atoms with Gasteiger partial charge in [-0.15, -0.1) is 0 Å². The molecule has 3 aromatic carbocycles. The van der Waals surface area contributed by atoms with E-state index in [0.717, 1.165) is 15.7 Å². The first-order valence-electron chi connectivity index (χ1n) is 7.87. The Morgan fingerprint density at radius 1 is 0.963 bits per heavy atom. The number of hydrogen-bond acceptors (Lipinski definition) is 5. The minimum atomic E-state index is -0.541. The van der Waals surface area contributed by atoms with Gasteiger partial charge in [-0.05, 0) is 54.1 Å². The normalized spacial score (nSPS) is 10.7. The molecular formula is C20H13BrN2O4. The van der Waals surface area contributed by atoms with Crippen molar-refractivity contribution in [2.24, 2.45) is 4.99 Å². The fraction of sp³-hybridized carbons (Fsp3) is 0. The van der Waals surface area contributed by atoms with Crippen LogP contribution >= 0.6 is 15.9 Å². The van der Waals surface area contributed by atoms with Crippen LogP contribution in [0.25, 0.3) is 0 Å². The minimum Gasteiger partial charge on any atom is -0.423 e. The lowest BCUT2D eigenvalue weighted by molar-refractivity contribution is -0.384. The van der Waals surface area contributed by atoms with E-state index < -0.39 is 10.9 Å². The van der Waals surface area contributed by atoms with E-state index in [-0.39, 0.29) is 11.4 Å². The smallest absolute Gasteiger partial charge is 0.343 e. The van der Waals surface area contributed by atoms with E-state index >= 15 is 0 Å². The van der Waals surface area contributed by atoms with Gasteiger partial charge in [0.1, 0.15) is 5.75 Å². The number of esters is 1. The third-order valence-corrected chi connectivity index (χ3v) is 4.12. The monoisotopic (exact) mass is 424 g/mol. The summed E-state index contributed by atoms with van der Waals surface area (Å²) in [6.45, 7) is 0. The molecule has 0 atom stereocenters. The van der Waals surface area contributed by atoms with Crippen LogP contribution in [0.5, 0.6) is 5.75 Å². The minimum absolute atomic E-state index is 0.0655. The number of non-ortho nitro benzene ring substituents is 1. The Kier molecular flexibility index (Phi) is 5.73. The molecule has 0 aliphatic carbocycles. The Labute approximate surface area is 163 Å². The van der Waals surface area contributed by atoms with Crippen molar-refractivity contribution in [1.82, 2.24) is 0 Å². The number of rotatable bonds is 5. The number of carbonyl (C=O) groups is 1. The van der Waals surface area contributed by atoms with E-state index in [2.05, 4.69) is 20.9 Å². The molecule has 3 aromatic rings. The number of aliphatic imine (C=N–C) groups is 1. The van der Waals surface area contributed by atoms with Gasteiger partial charge >= 0.3 is 5.97 Å². The molecule has 0 amide bonds. The largest absolute Gasteiger partial charge is 0.423 e. The predicted molar refractivity (Wildman–Crippen MR) is 106 cm³/mol. The van der Waals surface area contributed by atoms with Gasteiger partial charge in [0.15, 0.2) is 0 Å². The van der Waals surface area contributed by atoms with Gasteiger partial charge in [0, 0.05) is 22.8 Å². The molecule has 0 spiro atoms. The van der Waals surface area contributed by atoms with Crippen molar-refractivity contribution in [2.45, 2.75) is 0 Å². The second-order valence-electron chi connectivity index (χ2n) is 5.50. The number of halogens is 1. The maximum atomic E-state index is 12.2. The first kappa shape index (κ1) is 18.5. The van der Waals surface area contributed by atoms with E-state index in [4.69, 9.17) is 4.74 Å². The van der Waals surface area contributed by atoms with Crippen molar-refractivity contribution in [1.29, 1.82) is 0 Å². The summed E-state index contributed by atoms with van der Waals surface area (Å²) in [6, 6.07) is 19.7. The molecule has 0 bridgehead atoms. The molecule has 0 fully saturated rings. The SMILES string of the molecule is O=C(Oc1ccc([N+](=O)[O-])cc1)c1ccc(C=Nc2ccc(Br)cc2)cc1. The molecule has 134 valence electrons. The zero-order valence-corrected chi connectivity index (χ0v) is 15.5. The van der Waals surface area contributed by atoms with Crippen LogP contribution in [0.3, 0.4) is 0 Å². The number of nitrogens with zero attached hydrogens (tertiary/aromatic N) is 2. The summed E-state index contributed by atoms with van der Waals surface area (Å²) >= 11 is 3.37. The van der Waals surface area contributed by atoms with Crippen LogP contribution in [-0.2, 0) is 0 Å². The van der Waals surface area contributed by atoms with Crippen molar-refractivity contribution in [3.05, 3.63) is 98.5 Å². The van der Waals surface area contributed by atoms with Crippen LogP contribution in [0.15, 0.2) is 82.3 Å². The van der Waals surface area contributed by atoms with Crippen LogP contribution in [0, 0.1) is 10.1 Å². The van der Waals surface area contributed by atoms with E-state index in [0.29, 0.717) is 5.56 Å². The zero-order valence-electron chi connectivity index (χ0n) is 13.9. The quantitative estimate of drug-likeness (QED) is 0.182. The van der Waals surface area contributed by atoms with Gasteiger partial charge in [-0.25, -0.2) is 4.79 Å². The molecule has 7 heteroatoms. The van der Waals surface area contributed by atoms with Gasteiger partial charge < -0.3 is 4.74 Å². The van der Waals surface area contributed by atoms with E-state index in [1.165, 1.54) is 24.3 Å². The lowest BCUT2D eigenvalue weighted by Crippen LogP contribution is -2.08. The number of hydrogen-bond donors (Lipinski definition) is 0. The summed E-state index contributed by atoms with van der Waals surface area (Å²) < 4.78 is 6.20. The van der Waals surface area contributed by atoms with Gasteiger partial charge in [0.2, 0.25) is 0 Å². The van der Waals surface area contributed by atoms with Crippen LogP contribution < -0.4 is 4.74 Å². The fourth-order valence-corrected chi connectivity index (χ4v) is 2.45. The number of nitro groups is 1. The molecule has 0 unspecified atom stereocenters. The first-order chi connectivity index (χ1) is 13.0. The molecule has 3 rings (SSSR count). The molecule has 0 saturated heterocycles. The summed E-state index contributed by atoms with van der Waals surface area (Å²) in [5.41, 5.74) is 1.96. The second-order valence-corrected chi connectivity index (χ2v) is 6.41. The van der Waals surface area contributed by atoms with Gasteiger partial charge in [-0.1, -0.05) is 28.1 Å². The maximum absolute atomic E-state index is 12.2. The Balaban J connectivity index is 1.64. The lowest BCUT2D eigenvalue weighted by Gasteiger charge is -2.04. The average Bonchev–Trinajstić information content (AvgIpc) is 2.68. The highest BCUT2D eigenvalue weighted by Crippen LogP contribution is 2.19. The Hall–Kier alpha value is -3.32. The molecule has 6 nitrogen and oxygen atoms in total. The van der Waals surface area contributed by atoms with E-state index in [1.54, 1.807) is 30.5 Å². The van der Waals surface area contributed by atoms with Gasteiger partial charge in [0.25, 0.3) is 5.69 Å². The number of benzene rings is 3. The Morgan fingerprint density at radius 3 is 2.19 bits per heavy atom. The topological polar surface area (TPSA) is 81.8 Å². The molecule has 0 radical (unpaired) electrons. The molecule has 0 N–H and O–H groups in total. The van der Waals surface area contributed by atoms with Crippen LogP contribution in [0.1, 0.15) is 15.9 Å². The van der Waals surface area contributed by atoms with Crippen LogP contribution in [-0.4, -0.2) is 17.1 Å². The highest BCUT2D eigenvalue weighted by molar-refractivity contribution is 9.10. The van der Waals surface area contributed by atoms with Crippen LogP contribution in [0.2, 0.25) is 0 Å². The molecular weight excluding hydrogens is 412 g/mol. The third-order valence-electron chi connectivity index (χ3n) is 3.59. The zero-order chi connectivity index (χ0) is 19.2. The Bertz CT molecular complexity index is 982. The lowest BCUT2D eigenvalue weighted by atomic mass is 10.1. The third kappa shape index (κ3) is 5.08. The summed E-state index contributed by atoms with van der Waals surface area (Å²) in [5.74, 6) is -0.299. The van der Waals surface area contributed by atoms with Gasteiger partial charge in [0.05, 0.1) is 16.2 Å². The standard InChI is InChI=1S/C20H13BrN2O4/c21-16-5-7-17(8-6-16)22-13-14-1-3-15(4-2-14)20(24)27-19-11-9-18(10-12-19)23(25)26/h1-13H. The van der Waals surface area contributed by atoms with Crippen LogP contribution in [0.4, 0.5) is 11.4 Å². The Morgan fingerprint density at radius 2 is 1.59 bits per heavy atom. The molecule has 0 aliphatic rings. The summed E-state index contributed by atoms with van der Waals surface area (Å²) in [4.78, 5) is 26.6.